The summed E-state index contributed by atoms with van der Waals surface area (Å²) in [6.45, 7) is 6.54. The lowest BCUT2D eigenvalue weighted by Crippen LogP contribution is -2.20. The summed E-state index contributed by atoms with van der Waals surface area (Å²) in [5.41, 5.74) is 9.85. The van der Waals surface area contributed by atoms with Crippen molar-refractivity contribution in [1.82, 2.24) is 5.32 Å². The summed E-state index contributed by atoms with van der Waals surface area (Å²) in [6.07, 6.45) is 6.07. The fourth-order valence-electron chi connectivity index (χ4n) is 6.36. The van der Waals surface area contributed by atoms with Crippen molar-refractivity contribution in [2.75, 3.05) is 26.0 Å². The number of ether oxygens (including phenoxy) is 2. The smallest absolute Gasteiger partial charge is 0.304 e. The molecule has 1 aliphatic carbocycles. The SMILES string of the molecule is CS.Cc1cc(C2=CCNCC2)cc(C)c1-c1ccc(F)c2c1CC[C@H]2Oc1ccc2c(c1)OC[C@H]2CC(=O)O. The van der Waals surface area contributed by atoms with Gasteiger partial charge in [0.25, 0.3) is 0 Å². The van der Waals surface area contributed by atoms with Crippen molar-refractivity contribution >= 4 is 24.2 Å². The van der Waals surface area contributed by atoms with Gasteiger partial charge in [0.15, 0.2) is 0 Å². The normalized spacial score (nSPS) is 19.1. The number of fused-ring (bicyclic) bond motifs is 2. The Bertz CT molecular complexity index is 1440. The second-order valence-corrected chi connectivity index (χ2v) is 10.6. The highest BCUT2D eigenvalue weighted by Gasteiger charge is 2.32. The molecule has 5 nitrogen and oxygen atoms in total. The van der Waals surface area contributed by atoms with Crippen LogP contribution in [0.5, 0.6) is 11.5 Å². The largest absolute Gasteiger partial charge is 0.492 e. The number of hydrogen-bond acceptors (Lipinski definition) is 5. The molecule has 0 saturated heterocycles. The minimum absolute atomic E-state index is 0.0335. The summed E-state index contributed by atoms with van der Waals surface area (Å²) < 4.78 is 27.3. The molecule has 3 aromatic carbocycles. The number of thiol groups is 1. The van der Waals surface area contributed by atoms with Gasteiger partial charge in [-0.15, -0.1) is 0 Å². The molecular weight excluding hydrogens is 525 g/mol. The first kappa shape index (κ1) is 28.2. The molecule has 3 aromatic rings. The molecule has 0 saturated carbocycles. The molecule has 2 atom stereocenters. The van der Waals surface area contributed by atoms with Crippen molar-refractivity contribution in [3.8, 4) is 22.6 Å². The van der Waals surface area contributed by atoms with Gasteiger partial charge in [0.1, 0.15) is 23.4 Å². The monoisotopic (exact) mass is 561 g/mol. The first-order valence-electron chi connectivity index (χ1n) is 13.8. The quantitative estimate of drug-likeness (QED) is 0.282. The Morgan fingerprint density at radius 1 is 1.12 bits per heavy atom. The van der Waals surface area contributed by atoms with Crippen molar-refractivity contribution in [3.63, 3.8) is 0 Å². The molecule has 0 bridgehead atoms. The Hall–Kier alpha value is -3.29. The highest BCUT2D eigenvalue weighted by atomic mass is 32.1. The van der Waals surface area contributed by atoms with Crippen LogP contribution in [-0.4, -0.2) is 37.0 Å². The topological polar surface area (TPSA) is 67.8 Å². The maximum atomic E-state index is 15.3. The second-order valence-electron chi connectivity index (χ2n) is 10.6. The van der Waals surface area contributed by atoms with E-state index in [2.05, 4.69) is 50.0 Å². The molecule has 0 aromatic heterocycles. The second kappa shape index (κ2) is 12.1. The third-order valence-electron chi connectivity index (χ3n) is 8.08. The summed E-state index contributed by atoms with van der Waals surface area (Å²) in [5.74, 6) is 0.0134. The van der Waals surface area contributed by atoms with E-state index in [0.29, 0.717) is 30.1 Å². The predicted octanol–water partition coefficient (Wildman–Crippen LogP) is 7.05. The van der Waals surface area contributed by atoms with Gasteiger partial charge in [-0.2, -0.15) is 12.6 Å². The van der Waals surface area contributed by atoms with E-state index in [4.69, 9.17) is 14.6 Å². The zero-order valence-corrected chi connectivity index (χ0v) is 24.1. The third-order valence-corrected chi connectivity index (χ3v) is 8.08. The van der Waals surface area contributed by atoms with Crippen molar-refractivity contribution < 1.29 is 23.8 Å². The van der Waals surface area contributed by atoms with Crippen LogP contribution in [0.1, 0.15) is 64.7 Å². The van der Waals surface area contributed by atoms with Gasteiger partial charge in [-0.3, -0.25) is 4.79 Å². The van der Waals surface area contributed by atoms with E-state index in [9.17, 15) is 4.79 Å². The Morgan fingerprint density at radius 3 is 2.60 bits per heavy atom. The summed E-state index contributed by atoms with van der Waals surface area (Å²) in [4.78, 5) is 11.2. The van der Waals surface area contributed by atoms with Crippen LogP contribution in [-0.2, 0) is 11.2 Å². The van der Waals surface area contributed by atoms with Gasteiger partial charge in [0.2, 0.25) is 0 Å². The van der Waals surface area contributed by atoms with E-state index in [1.54, 1.807) is 18.4 Å². The number of carboxylic acids is 1. The molecule has 0 spiro atoms. The van der Waals surface area contributed by atoms with Crippen LogP contribution >= 0.6 is 12.6 Å². The van der Waals surface area contributed by atoms with Crippen LogP contribution in [0.3, 0.4) is 0 Å². The fraction of sp³-hybridized carbons (Fsp3) is 0.364. The highest BCUT2D eigenvalue weighted by molar-refractivity contribution is 7.79. The van der Waals surface area contributed by atoms with E-state index >= 15 is 4.39 Å². The van der Waals surface area contributed by atoms with Gasteiger partial charge in [-0.1, -0.05) is 30.3 Å². The van der Waals surface area contributed by atoms with Crippen LogP contribution in [0.15, 0.2) is 48.5 Å². The maximum Gasteiger partial charge on any atom is 0.304 e. The molecule has 2 heterocycles. The molecule has 210 valence electrons. The van der Waals surface area contributed by atoms with Gasteiger partial charge in [0.05, 0.1) is 13.0 Å². The molecule has 3 aliphatic rings. The van der Waals surface area contributed by atoms with Crippen LogP contribution < -0.4 is 14.8 Å². The van der Waals surface area contributed by atoms with Crippen LogP contribution in [0.25, 0.3) is 16.7 Å². The average molecular weight is 562 g/mol. The lowest BCUT2D eigenvalue weighted by Gasteiger charge is -2.20. The maximum absolute atomic E-state index is 15.3. The average Bonchev–Trinajstić information content (AvgIpc) is 3.55. The van der Waals surface area contributed by atoms with Gasteiger partial charge in [0, 0.05) is 29.7 Å². The molecule has 2 aliphatic heterocycles. The predicted molar refractivity (Wildman–Crippen MR) is 160 cm³/mol. The van der Waals surface area contributed by atoms with E-state index in [1.807, 2.05) is 18.2 Å². The molecule has 0 amide bonds. The molecule has 0 radical (unpaired) electrons. The van der Waals surface area contributed by atoms with Crippen molar-refractivity contribution in [2.24, 2.45) is 0 Å². The number of hydrogen-bond donors (Lipinski definition) is 3. The fourth-order valence-corrected chi connectivity index (χ4v) is 6.36. The zero-order valence-electron chi connectivity index (χ0n) is 23.2. The van der Waals surface area contributed by atoms with Crippen molar-refractivity contribution in [1.29, 1.82) is 0 Å². The first-order valence-corrected chi connectivity index (χ1v) is 14.7. The first-order chi connectivity index (χ1) is 19.4. The van der Waals surface area contributed by atoms with E-state index in [-0.39, 0.29) is 24.3 Å². The van der Waals surface area contributed by atoms with E-state index in [0.717, 1.165) is 42.6 Å². The standard InChI is InChI=1S/C32H32FNO4.CH4S/c1-18-13-21(20-9-11-34-12-10-20)14-19(2)31(18)25-5-7-27(33)32-26(25)6-8-28(32)38-23-3-4-24-22(15-30(35)36)17-37-29(24)16-23;1-2/h3-5,7,9,13-14,16,22,28,34H,6,8,10-12,15,17H2,1-2H3,(H,35,36);2H,1H3/t22-,28-;/m1./s1. The van der Waals surface area contributed by atoms with Gasteiger partial charge >= 0.3 is 5.97 Å². The summed E-state index contributed by atoms with van der Waals surface area (Å²) in [5, 5.41) is 12.5. The molecule has 6 rings (SSSR count). The number of halogens is 1. The van der Waals surface area contributed by atoms with Crippen LogP contribution in [0.2, 0.25) is 0 Å². The van der Waals surface area contributed by atoms with Crippen LogP contribution in [0, 0.1) is 19.7 Å². The number of carboxylic acid groups (broad SMARTS) is 1. The lowest BCUT2D eigenvalue weighted by atomic mass is 9.87. The zero-order chi connectivity index (χ0) is 28.4. The van der Waals surface area contributed by atoms with Gasteiger partial charge in [-0.05, 0) is 97.0 Å². The molecule has 0 fully saturated rings. The van der Waals surface area contributed by atoms with Crippen molar-refractivity contribution in [3.05, 3.63) is 87.7 Å². The molecule has 7 heteroatoms. The Kier molecular flexibility index (Phi) is 8.52. The van der Waals surface area contributed by atoms with Crippen LogP contribution in [0.4, 0.5) is 4.39 Å². The number of aryl methyl sites for hydroxylation is 2. The summed E-state index contributed by atoms with van der Waals surface area (Å²) in [6, 6.07) is 13.5. The minimum Gasteiger partial charge on any atom is -0.492 e. The summed E-state index contributed by atoms with van der Waals surface area (Å²) in [7, 11) is 0. The molecule has 0 unspecified atom stereocenters. The molecular formula is C33H36FNO4S. The minimum atomic E-state index is -0.843. The Labute approximate surface area is 240 Å². The number of aliphatic carboxylic acids is 1. The summed E-state index contributed by atoms with van der Waals surface area (Å²) >= 11 is 3.53. The molecule has 2 N–H and O–H groups in total. The van der Waals surface area contributed by atoms with E-state index in [1.165, 1.54) is 27.8 Å². The number of rotatable bonds is 6. The molecule has 40 heavy (non-hydrogen) atoms. The number of nitrogens with one attached hydrogen (secondary N) is 1. The number of benzene rings is 3. The van der Waals surface area contributed by atoms with E-state index < -0.39 is 5.97 Å². The highest BCUT2D eigenvalue weighted by Crippen LogP contribution is 2.45. The van der Waals surface area contributed by atoms with Gasteiger partial charge < -0.3 is 19.9 Å². The van der Waals surface area contributed by atoms with Gasteiger partial charge in [-0.25, -0.2) is 4.39 Å². The lowest BCUT2D eigenvalue weighted by molar-refractivity contribution is -0.137. The number of carbonyl (C=O) groups is 1. The Morgan fingerprint density at radius 2 is 1.90 bits per heavy atom. The third kappa shape index (κ3) is 5.50. The Balaban J connectivity index is 0.00000158. The van der Waals surface area contributed by atoms with Crippen molar-refractivity contribution in [2.45, 2.75) is 51.6 Å².